The molecule has 3 rings (SSSR count). The summed E-state index contributed by atoms with van der Waals surface area (Å²) in [6.07, 6.45) is 7.75. The van der Waals surface area contributed by atoms with Gasteiger partial charge in [0.2, 0.25) is 0 Å². The van der Waals surface area contributed by atoms with Gasteiger partial charge in [0.05, 0.1) is 13.7 Å². The zero-order chi connectivity index (χ0) is 14.5. The molecule has 1 aliphatic rings. The Morgan fingerprint density at radius 1 is 1.19 bits per heavy atom. The standard InChI is InChI=1S/C18H22N2O/c1-21-18-10-3-2-7-16(18)14-20-12-5-4-9-17(20)15-8-6-11-19-13-15/h2-3,6-8,10-11,13,17H,4-5,9,12,14H2,1H3/p+1/t17-/m0/s1. The van der Waals surface area contributed by atoms with E-state index in [-0.39, 0.29) is 0 Å². The number of pyridine rings is 1. The number of hydrogen-bond donors (Lipinski definition) is 1. The zero-order valence-electron chi connectivity index (χ0n) is 12.6. The van der Waals surface area contributed by atoms with Crippen LogP contribution in [-0.4, -0.2) is 18.6 Å². The molecular formula is C18H23N2O+. The summed E-state index contributed by atoms with van der Waals surface area (Å²) in [6, 6.07) is 13.2. The number of piperidine rings is 1. The summed E-state index contributed by atoms with van der Waals surface area (Å²) < 4.78 is 5.50. The topological polar surface area (TPSA) is 26.6 Å². The van der Waals surface area contributed by atoms with Crippen molar-refractivity contribution in [2.45, 2.75) is 31.8 Å². The first-order chi connectivity index (χ1) is 10.4. The minimum atomic E-state index is 0.553. The van der Waals surface area contributed by atoms with Crippen LogP contribution in [0.2, 0.25) is 0 Å². The fourth-order valence-electron chi connectivity index (χ4n) is 3.37. The monoisotopic (exact) mass is 283 g/mol. The van der Waals surface area contributed by atoms with E-state index in [1.165, 1.54) is 36.9 Å². The smallest absolute Gasteiger partial charge is 0.127 e. The van der Waals surface area contributed by atoms with Crippen LogP contribution in [0.25, 0.3) is 0 Å². The van der Waals surface area contributed by atoms with Gasteiger partial charge >= 0.3 is 0 Å². The summed E-state index contributed by atoms with van der Waals surface area (Å²) in [5, 5.41) is 0. The molecule has 3 nitrogen and oxygen atoms in total. The number of quaternary nitrogens is 1. The Morgan fingerprint density at radius 2 is 2.10 bits per heavy atom. The van der Waals surface area contributed by atoms with Crippen LogP contribution in [0.15, 0.2) is 48.8 Å². The van der Waals surface area contributed by atoms with E-state index >= 15 is 0 Å². The van der Waals surface area contributed by atoms with Crippen molar-refractivity contribution in [1.29, 1.82) is 0 Å². The number of benzene rings is 1. The average molecular weight is 283 g/mol. The third-order valence-electron chi connectivity index (χ3n) is 4.43. The number of rotatable bonds is 4. The molecule has 21 heavy (non-hydrogen) atoms. The first kappa shape index (κ1) is 14.1. The molecule has 1 fully saturated rings. The molecule has 0 aliphatic carbocycles. The van der Waals surface area contributed by atoms with E-state index in [0.29, 0.717) is 6.04 Å². The highest BCUT2D eigenvalue weighted by Gasteiger charge is 2.28. The molecule has 3 heteroatoms. The van der Waals surface area contributed by atoms with Crippen LogP contribution in [0, 0.1) is 0 Å². The number of para-hydroxylation sites is 1. The maximum atomic E-state index is 5.50. The third kappa shape index (κ3) is 3.24. The van der Waals surface area contributed by atoms with E-state index < -0.39 is 0 Å². The largest absolute Gasteiger partial charge is 0.496 e. The maximum Gasteiger partial charge on any atom is 0.127 e. The van der Waals surface area contributed by atoms with Crippen LogP contribution >= 0.6 is 0 Å². The highest BCUT2D eigenvalue weighted by Crippen LogP contribution is 2.21. The molecule has 0 bridgehead atoms. The molecule has 1 aromatic heterocycles. The van der Waals surface area contributed by atoms with E-state index in [0.717, 1.165) is 12.3 Å². The van der Waals surface area contributed by atoms with Gasteiger partial charge in [-0.3, -0.25) is 4.98 Å². The number of likely N-dealkylation sites (tertiary alicyclic amines) is 1. The second-order valence-corrected chi connectivity index (χ2v) is 5.73. The number of hydrogen-bond acceptors (Lipinski definition) is 2. The Kier molecular flexibility index (Phi) is 4.51. The minimum absolute atomic E-state index is 0.553. The molecule has 2 atom stereocenters. The van der Waals surface area contributed by atoms with Crippen molar-refractivity contribution in [1.82, 2.24) is 4.98 Å². The number of nitrogens with one attached hydrogen (secondary N) is 1. The van der Waals surface area contributed by atoms with E-state index in [4.69, 9.17) is 4.74 Å². The second kappa shape index (κ2) is 6.72. The van der Waals surface area contributed by atoms with Gasteiger partial charge in [-0.15, -0.1) is 0 Å². The first-order valence-electron chi connectivity index (χ1n) is 7.75. The Labute approximate surface area is 126 Å². The van der Waals surface area contributed by atoms with Crippen LogP contribution < -0.4 is 9.64 Å². The van der Waals surface area contributed by atoms with Gasteiger partial charge in [-0.2, -0.15) is 0 Å². The fourth-order valence-corrected chi connectivity index (χ4v) is 3.37. The summed E-state index contributed by atoms with van der Waals surface area (Å²) in [5.41, 5.74) is 2.66. The van der Waals surface area contributed by atoms with Gasteiger partial charge in [0.15, 0.2) is 0 Å². The van der Waals surface area contributed by atoms with Crippen LogP contribution in [0.3, 0.4) is 0 Å². The lowest BCUT2D eigenvalue weighted by atomic mass is 9.95. The van der Waals surface area contributed by atoms with Crippen LogP contribution in [0.1, 0.15) is 36.4 Å². The van der Waals surface area contributed by atoms with Gasteiger partial charge in [0.1, 0.15) is 18.3 Å². The molecule has 0 amide bonds. The summed E-state index contributed by atoms with van der Waals surface area (Å²) in [4.78, 5) is 5.92. The lowest BCUT2D eigenvalue weighted by molar-refractivity contribution is -0.950. The van der Waals surface area contributed by atoms with Gasteiger partial charge in [-0.1, -0.05) is 18.2 Å². The number of nitrogens with zero attached hydrogens (tertiary/aromatic N) is 1. The molecule has 0 saturated carbocycles. The van der Waals surface area contributed by atoms with E-state index in [1.54, 1.807) is 12.0 Å². The molecule has 1 N–H and O–H groups in total. The van der Waals surface area contributed by atoms with Crippen LogP contribution in [0.5, 0.6) is 5.75 Å². The van der Waals surface area contributed by atoms with Gasteiger partial charge in [0, 0.05) is 29.9 Å². The van der Waals surface area contributed by atoms with Crippen molar-refractivity contribution >= 4 is 0 Å². The van der Waals surface area contributed by atoms with Crippen LogP contribution in [0.4, 0.5) is 0 Å². The molecule has 1 unspecified atom stereocenters. The Balaban J connectivity index is 1.82. The molecule has 1 aromatic carbocycles. The Morgan fingerprint density at radius 3 is 2.90 bits per heavy atom. The Bertz CT molecular complexity index is 570. The lowest BCUT2D eigenvalue weighted by Gasteiger charge is -2.33. The quantitative estimate of drug-likeness (QED) is 0.932. The molecule has 110 valence electrons. The van der Waals surface area contributed by atoms with Gasteiger partial charge in [-0.05, 0) is 31.0 Å². The van der Waals surface area contributed by atoms with Crippen molar-refractivity contribution in [3.63, 3.8) is 0 Å². The minimum Gasteiger partial charge on any atom is -0.496 e. The van der Waals surface area contributed by atoms with Crippen molar-refractivity contribution in [3.05, 3.63) is 59.9 Å². The van der Waals surface area contributed by atoms with Gasteiger partial charge in [0.25, 0.3) is 0 Å². The molecule has 2 aromatic rings. The zero-order valence-corrected chi connectivity index (χ0v) is 12.6. The Hall–Kier alpha value is -1.87. The highest BCUT2D eigenvalue weighted by atomic mass is 16.5. The van der Waals surface area contributed by atoms with Crippen molar-refractivity contribution in [3.8, 4) is 5.75 Å². The second-order valence-electron chi connectivity index (χ2n) is 5.73. The molecular weight excluding hydrogens is 260 g/mol. The van der Waals surface area contributed by atoms with Gasteiger partial charge in [-0.25, -0.2) is 0 Å². The number of methoxy groups -OCH3 is 1. The predicted octanol–water partition coefficient (Wildman–Crippen LogP) is 2.40. The number of aromatic nitrogens is 1. The summed E-state index contributed by atoms with van der Waals surface area (Å²) in [7, 11) is 1.75. The normalized spacial score (nSPS) is 22.0. The average Bonchev–Trinajstić information content (AvgIpc) is 2.57. The third-order valence-corrected chi connectivity index (χ3v) is 4.43. The van der Waals surface area contributed by atoms with E-state index in [9.17, 15) is 0 Å². The maximum absolute atomic E-state index is 5.50. The predicted molar refractivity (Wildman–Crippen MR) is 83.4 cm³/mol. The highest BCUT2D eigenvalue weighted by molar-refractivity contribution is 5.32. The molecule has 0 radical (unpaired) electrons. The molecule has 1 aliphatic heterocycles. The van der Waals surface area contributed by atoms with Crippen molar-refractivity contribution < 1.29 is 9.64 Å². The van der Waals surface area contributed by atoms with Crippen molar-refractivity contribution in [2.75, 3.05) is 13.7 Å². The summed E-state index contributed by atoms with van der Waals surface area (Å²) in [5.74, 6) is 1.00. The summed E-state index contributed by atoms with van der Waals surface area (Å²) in [6.45, 7) is 2.24. The molecule has 2 heterocycles. The first-order valence-corrected chi connectivity index (χ1v) is 7.75. The fraction of sp³-hybridized carbons (Fsp3) is 0.389. The molecule has 1 saturated heterocycles. The van der Waals surface area contributed by atoms with Crippen molar-refractivity contribution in [2.24, 2.45) is 0 Å². The lowest BCUT2D eigenvalue weighted by Crippen LogP contribution is -3.11. The summed E-state index contributed by atoms with van der Waals surface area (Å²) >= 11 is 0. The van der Waals surface area contributed by atoms with Crippen LogP contribution in [-0.2, 0) is 6.54 Å². The SMILES string of the molecule is COc1ccccc1C[NH+]1CCCC[C@H]1c1cccnc1. The van der Waals surface area contributed by atoms with E-state index in [1.807, 2.05) is 24.5 Å². The number of ether oxygens (including phenoxy) is 1. The van der Waals surface area contributed by atoms with Gasteiger partial charge < -0.3 is 9.64 Å². The molecule has 0 spiro atoms. The van der Waals surface area contributed by atoms with E-state index in [2.05, 4.69) is 29.2 Å².